The molecule has 7 nitrogen and oxygen atoms in total. The van der Waals surface area contributed by atoms with E-state index in [9.17, 15) is 13.2 Å². The molecule has 8 heteroatoms. The third-order valence-electron chi connectivity index (χ3n) is 2.21. The van der Waals surface area contributed by atoms with Crippen molar-refractivity contribution in [1.82, 2.24) is 4.89 Å². The van der Waals surface area contributed by atoms with Crippen LogP contribution in [0.4, 0.5) is 0 Å². The minimum atomic E-state index is -3.91. The summed E-state index contributed by atoms with van der Waals surface area (Å²) in [6.45, 7) is 1.78. The molecule has 0 saturated carbocycles. The van der Waals surface area contributed by atoms with E-state index in [1.54, 1.807) is 6.92 Å². The molecule has 0 unspecified atom stereocenters. The molecule has 0 aliphatic heterocycles. The molecule has 0 bridgehead atoms. The van der Waals surface area contributed by atoms with Crippen LogP contribution in [0.2, 0.25) is 0 Å². The first kappa shape index (κ1) is 15.4. The molecule has 0 atom stereocenters. The van der Waals surface area contributed by atoms with Crippen LogP contribution >= 0.6 is 0 Å². The van der Waals surface area contributed by atoms with Gasteiger partial charge in [-0.25, -0.2) is 8.42 Å². The Morgan fingerprint density at radius 1 is 1.42 bits per heavy atom. The van der Waals surface area contributed by atoms with E-state index in [0.29, 0.717) is 5.75 Å². The van der Waals surface area contributed by atoms with E-state index >= 15 is 0 Å². The molecular formula is C11H15NO6S. The van der Waals surface area contributed by atoms with Gasteiger partial charge in [-0.3, -0.25) is 9.63 Å². The Kier molecular flexibility index (Phi) is 5.28. The van der Waals surface area contributed by atoms with Gasteiger partial charge in [-0.1, -0.05) is 4.89 Å². The fourth-order valence-electron chi connectivity index (χ4n) is 1.43. The number of sulfonamides is 1. The first-order valence-corrected chi connectivity index (χ1v) is 6.91. The number of rotatable bonds is 7. The Labute approximate surface area is 111 Å². The highest BCUT2D eigenvalue weighted by Crippen LogP contribution is 2.22. The van der Waals surface area contributed by atoms with Crippen LogP contribution in [0.5, 0.6) is 5.75 Å². The van der Waals surface area contributed by atoms with Gasteiger partial charge in [-0.05, 0) is 30.7 Å². The monoisotopic (exact) mass is 289 g/mol. The van der Waals surface area contributed by atoms with Crippen LogP contribution in [0.25, 0.3) is 0 Å². The molecule has 0 aromatic heterocycles. The van der Waals surface area contributed by atoms with Gasteiger partial charge in [-0.2, -0.15) is 0 Å². The molecule has 0 fully saturated rings. The van der Waals surface area contributed by atoms with Gasteiger partial charge in [0, 0.05) is 0 Å². The van der Waals surface area contributed by atoms with Crippen LogP contribution < -0.4 is 9.62 Å². The van der Waals surface area contributed by atoms with Crippen molar-refractivity contribution in [3.63, 3.8) is 0 Å². The topological polar surface area (TPSA) is 102 Å². The Morgan fingerprint density at radius 2 is 2.11 bits per heavy atom. The van der Waals surface area contributed by atoms with Gasteiger partial charge in [0.05, 0.1) is 25.0 Å². The fraction of sp³-hybridized carbons (Fsp3) is 0.364. The van der Waals surface area contributed by atoms with Crippen molar-refractivity contribution in [2.75, 3.05) is 13.7 Å². The van der Waals surface area contributed by atoms with Gasteiger partial charge >= 0.3 is 5.97 Å². The average molecular weight is 289 g/mol. The number of carbonyl (C=O) groups is 1. The number of hydrogen-bond donors (Lipinski definition) is 2. The molecular weight excluding hydrogens is 274 g/mol. The molecule has 1 aromatic carbocycles. The van der Waals surface area contributed by atoms with Gasteiger partial charge in [0.15, 0.2) is 0 Å². The zero-order valence-electron chi connectivity index (χ0n) is 10.5. The van der Waals surface area contributed by atoms with E-state index < -0.39 is 22.4 Å². The summed E-state index contributed by atoms with van der Waals surface area (Å²) in [5, 5.41) is 8.81. The number of ether oxygens (including phenoxy) is 1. The van der Waals surface area contributed by atoms with Crippen molar-refractivity contribution in [2.24, 2.45) is 0 Å². The summed E-state index contributed by atoms with van der Waals surface area (Å²) >= 11 is 0. The highest BCUT2D eigenvalue weighted by atomic mass is 32.2. The van der Waals surface area contributed by atoms with Gasteiger partial charge in [0.25, 0.3) is 10.0 Å². The quantitative estimate of drug-likeness (QED) is 0.711. The SMILES string of the molecule is CCONS(=O)(=O)c1ccc(OC)cc1CC(=O)O. The maximum atomic E-state index is 11.9. The van der Waals surface area contributed by atoms with Crippen LogP contribution in [0.1, 0.15) is 12.5 Å². The summed E-state index contributed by atoms with van der Waals surface area (Å²) in [7, 11) is -2.51. The van der Waals surface area contributed by atoms with Gasteiger partial charge in [0.1, 0.15) is 5.75 Å². The molecule has 0 saturated heterocycles. The molecule has 0 radical (unpaired) electrons. The molecule has 2 N–H and O–H groups in total. The molecule has 0 aliphatic carbocycles. The third-order valence-corrected chi connectivity index (χ3v) is 3.53. The summed E-state index contributed by atoms with van der Waals surface area (Å²) in [5.41, 5.74) is 0.124. The van der Waals surface area contributed by atoms with Crippen LogP contribution in [-0.4, -0.2) is 33.2 Å². The minimum Gasteiger partial charge on any atom is -0.497 e. The van der Waals surface area contributed by atoms with Crippen LogP contribution in [0.15, 0.2) is 23.1 Å². The van der Waals surface area contributed by atoms with Gasteiger partial charge < -0.3 is 9.84 Å². The molecule has 1 aromatic rings. The second-order valence-electron chi connectivity index (χ2n) is 3.56. The number of hydrogen-bond acceptors (Lipinski definition) is 5. The summed E-state index contributed by atoms with van der Waals surface area (Å²) in [6, 6.07) is 4.08. The first-order chi connectivity index (χ1) is 8.90. The number of nitrogens with one attached hydrogen (secondary N) is 1. The number of benzene rings is 1. The Morgan fingerprint density at radius 3 is 2.63 bits per heavy atom. The number of carboxylic acids is 1. The number of methoxy groups -OCH3 is 1. The summed E-state index contributed by atoms with van der Waals surface area (Å²) in [6.07, 6.45) is -0.431. The zero-order valence-corrected chi connectivity index (χ0v) is 11.4. The van der Waals surface area contributed by atoms with Crippen molar-refractivity contribution in [3.8, 4) is 5.75 Å². The average Bonchev–Trinajstić information content (AvgIpc) is 2.35. The Bertz CT molecular complexity index is 554. The van der Waals surface area contributed by atoms with E-state index in [1.165, 1.54) is 25.3 Å². The Hall–Kier alpha value is -1.64. The van der Waals surface area contributed by atoms with Gasteiger partial charge in [-0.15, -0.1) is 0 Å². The predicted molar refractivity (Wildman–Crippen MR) is 66.3 cm³/mol. The summed E-state index contributed by atoms with van der Waals surface area (Å²) < 4.78 is 28.8. The lowest BCUT2D eigenvalue weighted by atomic mass is 10.1. The second kappa shape index (κ2) is 6.50. The molecule has 0 spiro atoms. The van der Waals surface area contributed by atoms with Crippen molar-refractivity contribution >= 4 is 16.0 Å². The summed E-state index contributed by atoms with van der Waals surface area (Å²) in [4.78, 5) is 17.2. The zero-order chi connectivity index (χ0) is 14.5. The van der Waals surface area contributed by atoms with E-state index in [0.717, 1.165) is 0 Å². The van der Waals surface area contributed by atoms with Crippen molar-refractivity contribution in [3.05, 3.63) is 23.8 Å². The Balaban J connectivity index is 3.21. The second-order valence-corrected chi connectivity index (χ2v) is 5.18. The lowest BCUT2D eigenvalue weighted by Gasteiger charge is -2.11. The lowest BCUT2D eigenvalue weighted by molar-refractivity contribution is -0.136. The highest BCUT2D eigenvalue weighted by Gasteiger charge is 2.20. The first-order valence-electron chi connectivity index (χ1n) is 5.43. The maximum Gasteiger partial charge on any atom is 0.307 e. The van der Waals surface area contributed by atoms with Crippen LogP contribution in [0.3, 0.4) is 0 Å². The third kappa shape index (κ3) is 4.19. The standard InChI is InChI=1S/C11H15NO6S/c1-3-18-12-19(15,16)10-5-4-9(17-2)6-8(10)7-11(13)14/h4-6,12H,3,7H2,1-2H3,(H,13,14). The fourth-order valence-corrected chi connectivity index (χ4v) is 2.51. The smallest absolute Gasteiger partial charge is 0.307 e. The molecule has 0 heterocycles. The molecule has 1 rings (SSSR count). The van der Waals surface area contributed by atoms with Crippen molar-refractivity contribution in [2.45, 2.75) is 18.2 Å². The lowest BCUT2D eigenvalue weighted by Crippen LogP contribution is -2.25. The summed E-state index contributed by atoms with van der Waals surface area (Å²) in [5.74, 6) is -0.757. The number of aliphatic carboxylic acids is 1. The van der Waals surface area contributed by atoms with Crippen molar-refractivity contribution in [1.29, 1.82) is 0 Å². The molecule has 0 aliphatic rings. The molecule has 0 amide bonds. The van der Waals surface area contributed by atoms with Crippen LogP contribution in [-0.2, 0) is 26.1 Å². The van der Waals surface area contributed by atoms with E-state index in [2.05, 4.69) is 4.84 Å². The van der Waals surface area contributed by atoms with Crippen LogP contribution in [0, 0.1) is 0 Å². The number of carboxylic acid groups (broad SMARTS) is 1. The van der Waals surface area contributed by atoms with E-state index in [1.807, 2.05) is 4.89 Å². The molecule has 106 valence electrons. The maximum absolute atomic E-state index is 11.9. The highest BCUT2D eigenvalue weighted by molar-refractivity contribution is 7.89. The van der Waals surface area contributed by atoms with Crippen molar-refractivity contribution < 1.29 is 27.9 Å². The normalized spacial score (nSPS) is 11.3. The molecule has 19 heavy (non-hydrogen) atoms. The van der Waals surface area contributed by atoms with E-state index in [4.69, 9.17) is 9.84 Å². The van der Waals surface area contributed by atoms with E-state index in [-0.39, 0.29) is 17.1 Å². The predicted octanol–water partition coefficient (Wildman–Crippen LogP) is 0.552. The minimum absolute atomic E-state index is 0.124. The van der Waals surface area contributed by atoms with Gasteiger partial charge in [0.2, 0.25) is 0 Å². The largest absolute Gasteiger partial charge is 0.497 e.